The fraction of sp³-hybridized carbons (Fsp3) is 0.182. The van der Waals surface area contributed by atoms with Crippen LogP contribution in [0.25, 0.3) is 11.1 Å². The van der Waals surface area contributed by atoms with Crippen LogP contribution in [-0.2, 0) is 9.59 Å². The number of ether oxygens (including phenoxy) is 1. The molecule has 33 heavy (non-hydrogen) atoms. The van der Waals surface area contributed by atoms with Gasteiger partial charge in [0.15, 0.2) is 0 Å². The van der Waals surface area contributed by atoms with Gasteiger partial charge in [0, 0.05) is 23.6 Å². The maximum atomic E-state index is 13.7. The normalized spacial score (nSPS) is 15.0. The summed E-state index contributed by atoms with van der Waals surface area (Å²) in [5.74, 6) is -3.05. The van der Waals surface area contributed by atoms with Gasteiger partial charge in [-0.2, -0.15) is 8.78 Å². The van der Waals surface area contributed by atoms with Crippen LogP contribution in [0.1, 0.15) is 18.5 Å². The summed E-state index contributed by atoms with van der Waals surface area (Å²) in [4.78, 5) is 35.4. The Balaban J connectivity index is 1.75. The minimum absolute atomic E-state index is 0.109. The van der Waals surface area contributed by atoms with E-state index in [0.29, 0.717) is 11.3 Å². The molecule has 0 radical (unpaired) electrons. The minimum atomic E-state index is -3.16. The molecule has 2 amide bonds. The Labute approximate surface area is 191 Å². The number of nitrogens with one attached hydrogen (secondary N) is 1. The van der Waals surface area contributed by atoms with Gasteiger partial charge in [-0.15, -0.1) is 0 Å². The van der Waals surface area contributed by atoms with E-state index in [4.69, 9.17) is 11.6 Å². The molecule has 1 aromatic carbocycles. The predicted octanol–water partition coefficient (Wildman–Crippen LogP) is 4.63. The molecular weight excluding hydrogens is 461 g/mol. The monoisotopic (exact) mass is 476 g/mol. The van der Waals surface area contributed by atoms with Crippen LogP contribution in [0.4, 0.5) is 24.5 Å². The van der Waals surface area contributed by atoms with Crippen LogP contribution in [0.3, 0.4) is 0 Å². The summed E-state index contributed by atoms with van der Waals surface area (Å²) in [6.07, 6.45) is 2.68. The lowest BCUT2D eigenvalue weighted by Crippen LogP contribution is -2.40. The average molecular weight is 477 g/mol. The molecule has 7 nitrogen and oxygen atoms in total. The molecule has 2 aromatic heterocycles. The zero-order chi connectivity index (χ0) is 23.7. The van der Waals surface area contributed by atoms with Crippen molar-refractivity contribution in [2.75, 3.05) is 16.8 Å². The number of alkyl halides is 2. The quantitative estimate of drug-likeness (QED) is 0.580. The molecule has 170 valence electrons. The first kappa shape index (κ1) is 22.5. The third-order valence-electron chi connectivity index (χ3n) is 5.05. The zero-order valence-corrected chi connectivity index (χ0v) is 17.8. The molecule has 1 N–H and O–H groups in total. The number of nitrogens with zero attached hydrogens (tertiary/aromatic N) is 3. The van der Waals surface area contributed by atoms with Gasteiger partial charge in [0.2, 0.25) is 17.7 Å². The van der Waals surface area contributed by atoms with Gasteiger partial charge in [-0.25, -0.2) is 9.37 Å². The molecule has 0 bridgehead atoms. The highest BCUT2D eigenvalue weighted by molar-refractivity contribution is 6.30. The lowest BCUT2D eigenvalue weighted by atomic mass is 9.98. The molecule has 0 aliphatic carbocycles. The van der Waals surface area contributed by atoms with Crippen molar-refractivity contribution in [1.29, 1.82) is 0 Å². The number of halogens is 4. The van der Waals surface area contributed by atoms with E-state index in [9.17, 15) is 22.8 Å². The number of anilines is 2. The summed E-state index contributed by atoms with van der Waals surface area (Å²) in [5, 5.41) is 2.39. The predicted molar refractivity (Wildman–Crippen MR) is 115 cm³/mol. The maximum Gasteiger partial charge on any atom is 0.388 e. The largest absolute Gasteiger partial charge is 0.416 e. The van der Waals surface area contributed by atoms with Crippen molar-refractivity contribution in [3.8, 4) is 17.0 Å². The van der Waals surface area contributed by atoms with Crippen LogP contribution in [0, 0.1) is 5.82 Å². The summed E-state index contributed by atoms with van der Waals surface area (Å²) in [7, 11) is 0. The smallest absolute Gasteiger partial charge is 0.388 e. The number of carbonyl (C=O) groups excluding carboxylic acids is 2. The molecule has 1 unspecified atom stereocenters. The van der Waals surface area contributed by atoms with Crippen molar-refractivity contribution >= 4 is 34.8 Å². The van der Waals surface area contributed by atoms with E-state index in [2.05, 4.69) is 20.0 Å². The first-order valence-electron chi connectivity index (χ1n) is 9.71. The molecular formula is C22H16ClF3N4O3. The Hall–Kier alpha value is -3.66. The SMILES string of the molecule is CC1C(=O)N(CC(=O)Nc2ccc(Cl)c(F)c2)c2ccnc(OC(F)F)c2-c2cccnc21. The molecule has 0 fully saturated rings. The van der Waals surface area contributed by atoms with E-state index in [-0.39, 0.29) is 22.0 Å². The van der Waals surface area contributed by atoms with E-state index >= 15 is 0 Å². The fourth-order valence-electron chi connectivity index (χ4n) is 3.61. The summed E-state index contributed by atoms with van der Waals surface area (Å²) in [6, 6.07) is 8.36. The zero-order valence-electron chi connectivity index (χ0n) is 17.1. The number of carbonyl (C=O) groups is 2. The van der Waals surface area contributed by atoms with Crippen molar-refractivity contribution in [2.45, 2.75) is 19.5 Å². The first-order valence-corrected chi connectivity index (χ1v) is 10.1. The first-order chi connectivity index (χ1) is 15.8. The van der Waals surface area contributed by atoms with Crippen LogP contribution in [0.5, 0.6) is 5.88 Å². The molecule has 11 heteroatoms. The summed E-state index contributed by atoms with van der Waals surface area (Å²) in [5.41, 5.74) is 1.13. The number of hydrogen-bond donors (Lipinski definition) is 1. The summed E-state index contributed by atoms with van der Waals surface area (Å²) < 4.78 is 44.5. The highest BCUT2D eigenvalue weighted by atomic mass is 35.5. The van der Waals surface area contributed by atoms with Crippen LogP contribution in [0.15, 0.2) is 48.8 Å². The standard InChI is InChI=1S/C22H16ClF3N4O3/c1-11-19-13(3-2-7-27-19)18-16(6-8-28-20(18)33-22(25)26)30(21(11)32)10-17(31)29-12-4-5-14(23)15(24)9-12/h2-9,11,22H,10H2,1H3,(H,29,31). The van der Waals surface area contributed by atoms with Crippen molar-refractivity contribution in [1.82, 2.24) is 9.97 Å². The molecule has 0 spiro atoms. The second kappa shape index (κ2) is 9.07. The molecule has 3 aromatic rings. The van der Waals surface area contributed by atoms with E-state index in [0.717, 1.165) is 11.0 Å². The molecule has 0 saturated heterocycles. The van der Waals surface area contributed by atoms with Gasteiger partial charge in [-0.3, -0.25) is 14.6 Å². The van der Waals surface area contributed by atoms with E-state index < -0.39 is 42.6 Å². The second-order valence-electron chi connectivity index (χ2n) is 7.15. The third-order valence-corrected chi connectivity index (χ3v) is 5.35. The fourth-order valence-corrected chi connectivity index (χ4v) is 3.73. The van der Waals surface area contributed by atoms with Gasteiger partial charge in [-0.1, -0.05) is 17.7 Å². The molecule has 3 heterocycles. The number of fused-ring (bicyclic) bond motifs is 3. The van der Waals surface area contributed by atoms with Crippen LogP contribution >= 0.6 is 11.6 Å². The number of amides is 2. The van der Waals surface area contributed by atoms with Crippen molar-refractivity contribution in [2.24, 2.45) is 0 Å². The topological polar surface area (TPSA) is 84.4 Å². The average Bonchev–Trinajstić information content (AvgIpc) is 2.86. The Kier molecular flexibility index (Phi) is 6.19. The molecule has 0 saturated carbocycles. The number of rotatable bonds is 5. The Morgan fingerprint density at radius 2 is 2.03 bits per heavy atom. The van der Waals surface area contributed by atoms with Gasteiger partial charge in [0.05, 0.1) is 27.9 Å². The third kappa shape index (κ3) is 4.47. The minimum Gasteiger partial charge on any atom is -0.416 e. The van der Waals surface area contributed by atoms with E-state index in [1.807, 2.05) is 0 Å². The summed E-state index contributed by atoms with van der Waals surface area (Å²) >= 11 is 5.66. The Morgan fingerprint density at radius 3 is 2.76 bits per heavy atom. The van der Waals surface area contributed by atoms with Gasteiger partial charge in [-0.05, 0) is 37.3 Å². The highest BCUT2D eigenvalue weighted by Gasteiger charge is 2.35. The number of hydrogen-bond acceptors (Lipinski definition) is 5. The van der Waals surface area contributed by atoms with Crippen molar-refractivity contribution in [3.63, 3.8) is 0 Å². The maximum absolute atomic E-state index is 13.7. The highest BCUT2D eigenvalue weighted by Crippen LogP contribution is 2.44. The Morgan fingerprint density at radius 1 is 1.24 bits per heavy atom. The van der Waals surface area contributed by atoms with Crippen LogP contribution in [0.2, 0.25) is 5.02 Å². The Bertz CT molecular complexity index is 1240. The van der Waals surface area contributed by atoms with E-state index in [1.165, 1.54) is 30.6 Å². The molecule has 4 rings (SSSR count). The van der Waals surface area contributed by atoms with Crippen LogP contribution < -0.4 is 15.0 Å². The van der Waals surface area contributed by atoms with Crippen molar-refractivity contribution < 1.29 is 27.5 Å². The second-order valence-corrected chi connectivity index (χ2v) is 7.56. The lowest BCUT2D eigenvalue weighted by molar-refractivity contribution is -0.122. The van der Waals surface area contributed by atoms with Gasteiger partial charge in [0.1, 0.15) is 12.4 Å². The number of benzene rings is 1. The molecule has 1 atom stereocenters. The number of aromatic nitrogens is 2. The van der Waals surface area contributed by atoms with E-state index in [1.54, 1.807) is 19.1 Å². The lowest BCUT2D eigenvalue weighted by Gasteiger charge is -2.24. The molecule has 1 aliphatic heterocycles. The van der Waals surface area contributed by atoms with Gasteiger partial charge >= 0.3 is 6.61 Å². The van der Waals surface area contributed by atoms with Gasteiger partial charge < -0.3 is 15.0 Å². The van der Waals surface area contributed by atoms with Gasteiger partial charge in [0.25, 0.3) is 0 Å². The number of pyridine rings is 2. The molecule has 1 aliphatic rings. The van der Waals surface area contributed by atoms with Crippen molar-refractivity contribution in [3.05, 3.63) is 65.3 Å². The summed E-state index contributed by atoms with van der Waals surface area (Å²) in [6.45, 7) is -2.04. The van der Waals surface area contributed by atoms with Crippen LogP contribution in [-0.4, -0.2) is 34.9 Å².